The van der Waals surface area contributed by atoms with Crippen molar-refractivity contribution in [2.75, 3.05) is 0 Å². The van der Waals surface area contributed by atoms with E-state index in [-0.39, 0.29) is 5.78 Å². The van der Waals surface area contributed by atoms with Gasteiger partial charge in [-0.05, 0) is 44.5 Å². The first-order valence-corrected chi connectivity index (χ1v) is 6.16. The second-order valence-corrected chi connectivity index (χ2v) is 4.93. The van der Waals surface area contributed by atoms with Gasteiger partial charge in [0.2, 0.25) is 0 Å². The van der Waals surface area contributed by atoms with Crippen LogP contribution in [-0.2, 0) is 11.2 Å². The van der Waals surface area contributed by atoms with Gasteiger partial charge < -0.3 is 0 Å². The number of carbonyl (C=O) groups excluding carboxylic acids is 1. The molecular weight excluding hydrogens is 248 g/mol. The van der Waals surface area contributed by atoms with Gasteiger partial charge in [-0.1, -0.05) is 11.6 Å². The van der Waals surface area contributed by atoms with Crippen LogP contribution in [0, 0.1) is 13.8 Å². The van der Waals surface area contributed by atoms with Crippen LogP contribution in [0.3, 0.4) is 0 Å². The lowest BCUT2D eigenvalue weighted by Crippen LogP contribution is -1.97. The monoisotopic (exact) mass is 262 g/mol. The number of rotatable bonds is 3. The van der Waals surface area contributed by atoms with Crippen molar-refractivity contribution in [2.24, 2.45) is 0 Å². The fourth-order valence-electron chi connectivity index (χ4n) is 1.94. The first kappa shape index (κ1) is 12.8. The van der Waals surface area contributed by atoms with Crippen molar-refractivity contribution in [3.63, 3.8) is 0 Å². The van der Waals surface area contributed by atoms with E-state index in [0.717, 1.165) is 22.5 Å². The van der Waals surface area contributed by atoms with Crippen LogP contribution in [0.2, 0.25) is 5.02 Å². The topological polar surface area (TPSA) is 34.9 Å². The summed E-state index contributed by atoms with van der Waals surface area (Å²) in [5.41, 5.74) is 3.90. The van der Waals surface area contributed by atoms with Crippen molar-refractivity contribution in [3.8, 4) is 5.69 Å². The van der Waals surface area contributed by atoms with E-state index in [0.29, 0.717) is 11.4 Å². The normalized spacial score (nSPS) is 10.7. The van der Waals surface area contributed by atoms with E-state index in [1.807, 2.05) is 38.2 Å². The Labute approximate surface area is 111 Å². The van der Waals surface area contributed by atoms with Crippen molar-refractivity contribution in [2.45, 2.75) is 27.2 Å². The predicted molar refractivity (Wildman–Crippen MR) is 72.4 cm³/mol. The van der Waals surface area contributed by atoms with Gasteiger partial charge in [0.05, 0.1) is 11.4 Å². The third kappa shape index (κ3) is 2.62. The molecular formula is C14H15ClN2O. The summed E-state index contributed by atoms with van der Waals surface area (Å²) in [6.07, 6.45) is 2.34. The van der Waals surface area contributed by atoms with E-state index in [4.69, 9.17) is 11.6 Å². The summed E-state index contributed by atoms with van der Waals surface area (Å²) in [5.74, 6) is 0.144. The Balaban J connectivity index is 2.42. The molecule has 0 aliphatic rings. The molecule has 1 heterocycles. The molecule has 1 aromatic heterocycles. The highest BCUT2D eigenvalue weighted by molar-refractivity contribution is 6.30. The minimum Gasteiger partial charge on any atom is -0.300 e. The fourth-order valence-corrected chi connectivity index (χ4v) is 2.16. The maximum absolute atomic E-state index is 11.2. The van der Waals surface area contributed by atoms with Crippen molar-refractivity contribution >= 4 is 17.4 Å². The molecule has 0 atom stereocenters. The standard InChI is InChI=1S/C14H15ClN2O/c1-9-6-13(15)4-5-14(9)17-8-12(7-10(2)18)11(3)16-17/h4-6,8H,7H2,1-3H3. The van der Waals surface area contributed by atoms with E-state index >= 15 is 0 Å². The Morgan fingerprint density at radius 1 is 1.39 bits per heavy atom. The Morgan fingerprint density at radius 3 is 2.72 bits per heavy atom. The minimum absolute atomic E-state index is 0.144. The van der Waals surface area contributed by atoms with Crippen molar-refractivity contribution < 1.29 is 4.79 Å². The highest BCUT2D eigenvalue weighted by atomic mass is 35.5. The Morgan fingerprint density at radius 2 is 2.11 bits per heavy atom. The number of Topliss-reactive ketones (excluding diaryl/α,β-unsaturated/α-hetero) is 1. The SMILES string of the molecule is CC(=O)Cc1cn(-c2ccc(Cl)cc2C)nc1C. The zero-order chi connectivity index (χ0) is 13.3. The van der Waals surface area contributed by atoms with E-state index < -0.39 is 0 Å². The van der Waals surface area contributed by atoms with Crippen LogP contribution in [0.25, 0.3) is 5.69 Å². The zero-order valence-electron chi connectivity index (χ0n) is 10.7. The van der Waals surface area contributed by atoms with Crippen molar-refractivity contribution in [1.82, 2.24) is 9.78 Å². The number of hydrogen-bond donors (Lipinski definition) is 0. The molecule has 2 rings (SSSR count). The quantitative estimate of drug-likeness (QED) is 0.851. The van der Waals surface area contributed by atoms with E-state index in [9.17, 15) is 4.79 Å². The number of aromatic nitrogens is 2. The Bertz CT molecular complexity index is 602. The molecule has 4 heteroatoms. The molecule has 0 unspecified atom stereocenters. The van der Waals surface area contributed by atoms with E-state index in [1.54, 1.807) is 11.6 Å². The van der Waals surface area contributed by atoms with Crippen LogP contribution >= 0.6 is 11.6 Å². The third-order valence-corrected chi connectivity index (χ3v) is 3.08. The maximum Gasteiger partial charge on any atom is 0.134 e. The second kappa shape index (κ2) is 4.94. The van der Waals surface area contributed by atoms with Crippen LogP contribution < -0.4 is 0 Å². The van der Waals surface area contributed by atoms with Gasteiger partial charge in [-0.25, -0.2) is 4.68 Å². The number of halogens is 1. The molecule has 0 aliphatic carbocycles. The molecule has 0 spiro atoms. The average Bonchev–Trinajstić information content (AvgIpc) is 2.59. The largest absolute Gasteiger partial charge is 0.300 e. The summed E-state index contributed by atoms with van der Waals surface area (Å²) in [7, 11) is 0. The summed E-state index contributed by atoms with van der Waals surface area (Å²) in [4.78, 5) is 11.2. The first-order valence-electron chi connectivity index (χ1n) is 5.78. The molecule has 0 amide bonds. The Kier molecular flexibility index (Phi) is 3.53. The molecule has 0 aliphatic heterocycles. The number of benzene rings is 1. The van der Waals surface area contributed by atoms with Crippen LogP contribution in [0.5, 0.6) is 0 Å². The lowest BCUT2D eigenvalue weighted by molar-refractivity contribution is -0.116. The summed E-state index contributed by atoms with van der Waals surface area (Å²) < 4.78 is 1.80. The molecule has 1 aromatic carbocycles. The smallest absolute Gasteiger partial charge is 0.134 e. The summed E-state index contributed by atoms with van der Waals surface area (Å²) in [6.45, 7) is 5.49. The molecule has 3 nitrogen and oxygen atoms in total. The van der Waals surface area contributed by atoms with Gasteiger partial charge in [-0.15, -0.1) is 0 Å². The van der Waals surface area contributed by atoms with E-state index in [2.05, 4.69) is 5.10 Å². The molecule has 94 valence electrons. The number of ketones is 1. The molecule has 0 saturated heterocycles. The molecule has 0 bridgehead atoms. The third-order valence-electron chi connectivity index (χ3n) is 2.85. The van der Waals surface area contributed by atoms with Crippen LogP contribution in [-0.4, -0.2) is 15.6 Å². The number of aryl methyl sites for hydroxylation is 2. The van der Waals surface area contributed by atoms with Gasteiger partial charge in [0, 0.05) is 23.2 Å². The van der Waals surface area contributed by atoms with Gasteiger partial charge in [0.15, 0.2) is 0 Å². The van der Waals surface area contributed by atoms with Crippen LogP contribution in [0.4, 0.5) is 0 Å². The number of nitrogens with zero attached hydrogens (tertiary/aromatic N) is 2. The molecule has 2 aromatic rings. The Hall–Kier alpha value is -1.61. The van der Waals surface area contributed by atoms with Gasteiger partial charge >= 0.3 is 0 Å². The minimum atomic E-state index is 0.144. The van der Waals surface area contributed by atoms with E-state index in [1.165, 1.54) is 0 Å². The second-order valence-electron chi connectivity index (χ2n) is 4.49. The molecule has 0 N–H and O–H groups in total. The summed E-state index contributed by atoms with van der Waals surface area (Å²) in [6, 6.07) is 5.67. The fraction of sp³-hybridized carbons (Fsp3) is 0.286. The summed E-state index contributed by atoms with van der Waals surface area (Å²) >= 11 is 5.94. The molecule has 18 heavy (non-hydrogen) atoms. The summed E-state index contributed by atoms with van der Waals surface area (Å²) in [5, 5.41) is 5.16. The lowest BCUT2D eigenvalue weighted by atomic mass is 10.1. The van der Waals surface area contributed by atoms with Crippen molar-refractivity contribution in [1.29, 1.82) is 0 Å². The predicted octanol–water partition coefficient (Wildman–Crippen LogP) is 3.27. The lowest BCUT2D eigenvalue weighted by Gasteiger charge is -2.05. The highest BCUT2D eigenvalue weighted by Crippen LogP contribution is 2.20. The van der Waals surface area contributed by atoms with Gasteiger partial charge in [0.25, 0.3) is 0 Å². The molecule has 0 radical (unpaired) electrons. The first-order chi connectivity index (χ1) is 8.47. The van der Waals surface area contributed by atoms with Crippen molar-refractivity contribution in [3.05, 3.63) is 46.2 Å². The zero-order valence-corrected chi connectivity index (χ0v) is 11.5. The molecule has 0 saturated carbocycles. The van der Waals surface area contributed by atoms with Gasteiger partial charge in [0.1, 0.15) is 5.78 Å². The van der Waals surface area contributed by atoms with Gasteiger partial charge in [-0.2, -0.15) is 5.10 Å². The van der Waals surface area contributed by atoms with Crippen LogP contribution in [0.1, 0.15) is 23.7 Å². The van der Waals surface area contributed by atoms with Crippen LogP contribution in [0.15, 0.2) is 24.4 Å². The highest BCUT2D eigenvalue weighted by Gasteiger charge is 2.09. The molecule has 0 fully saturated rings. The maximum atomic E-state index is 11.2. The average molecular weight is 263 g/mol. The van der Waals surface area contributed by atoms with Gasteiger partial charge in [-0.3, -0.25) is 4.79 Å². The number of carbonyl (C=O) groups is 1. The number of hydrogen-bond acceptors (Lipinski definition) is 2.